The fourth-order valence-corrected chi connectivity index (χ4v) is 4.24. The van der Waals surface area contributed by atoms with E-state index in [1.54, 1.807) is 37.3 Å². The van der Waals surface area contributed by atoms with E-state index in [-0.39, 0.29) is 29.5 Å². The number of allylic oxidation sites excluding steroid dienone is 1. The normalized spacial score (nSPS) is 14.1. The Kier molecular flexibility index (Phi) is 8.58. The molecular weight excluding hydrogens is 555 g/mol. The number of carbonyl (C=O) groups is 1. The van der Waals surface area contributed by atoms with Crippen molar-refractivity contribution >= 4 is 35.0 Å². The van der Waals surface area contributed by atoms with Crippen molar-refractivity contribution in [3.05, 3.63) is 105 Å². The molecule has 11 heteroatoms. The lowest BCUT2D eigenvalue weighted by Crippen LogP contribution is -2.25. The highest BCUT2D eigenvalue weighted by Crippen LogP contribution is 2.37. The Morgan fingerprint density at radius 1 is 0.975 bits per heavy atom. The second-order valence-electron chi connectivity index (χ2n) is 8.59. The van der Waals surface area contributed by atoms with Crippen LogP contribution in [0.1, 0.15) is 30.5 Å². The van der Waals surface area contributed by atoms with E-state index in [4.69, 9.17) is 21.1 Å². The van der Waals surface area contributed by atoms with E-state index in [1.807, 2.05) is 12.1 Å². The summed E-state index contributed by atoms with van der Waals surface area (Å²) in [6, 6.07) is 10.5. The molecule has 0 saturated carbocycles. The zero-order valence-electron chi connectivity index (χ0n) is 21.3. The third-order valence-corrected chi connectivity index (χ3v) is 6.29. The summed E-state index contributed by atoms with van der Waals surface area (Å²) in [4.78, 5) is 13.1. The van der Waals surface area contributed by atoms with Gasteiger partial charge in [-0.1, -0.05) is 35.9 Å². The van der Waals surface area contributed by atoms with Gasteiger partial charge in [0.25, 0.3) is 5.91 Å². The molecule has 1 aliphatic heterocycles. The highest BCUT2D eigenvalue weighted by molar-refractivity contribution is 6.32. The van der Waals surface area contributed by atoms with E-state index in [9.17, 15) is 26.7 Å². The second kappa shape index (κ2) is 11.9. The number of nitrogens with zero attached hydrogens (tertiary/aromatic N) is 2. The van der Waals surface area contributed by atoms with Gasteiger partial charge in [0.1, 0.15) is 12.3 Å². The SMILES string of the molecule is C=CCc1cc(/C=C2/C(=O)N(c3c(F)c(F)c(F)c(F)c3F)N=C2C)cc(OCC)c1OCc1ccccc1Cl. The Hall–Kier alpha value is -4.18. The van der Waals surface area contributed by atoms with Crippen LogP contribution >= 0.6 is 11.6 Å². The first-order valence-corrected chi connectivity index (χ1v) is 12.4. The summed E-state index contributed by atoms with van der Waals surface area (Å²) in [5.74, 6) is -11.4. The van der Waals surface area contributed by atoms with Crippen LogP contribution < -0.4 is 14.5 Å². The van der Waals surface area contributed by atoms with Crippen LogP contribution in [0.2, 0.25) is 5.02 Å². The largest absolute Gasteiger partial charge is 0.490 e. The number of hydrazone groups is 1. The molecule has 0 aromatic heterocycles. The van der Waals surface area contributed by atoms with E-state index in [0.29, 0.717) is 34.1 Å². The van der Waals surface area contributed by atoms with Crippen LogP contribution in [0.15, 0.2) is 59.7 Å². The van der Waals surface area contributed by atoms with Crippen molar-refractivity contribution in [1.82, 2.24) is 0 Å². The number of halogens is 6. The first kappa shape index (κ1) is 28.8. The highest BCUT2D eigenvalue weighted by Gasteiger charge is 2.37. The molecule has 0 spiro atoms. The first-order valence-electron chi connectivity index (χ1n) is 12.0. The maximum Gasteiger partial charge on any atom is 0.280 e. The number of benzene rings is 3. The number of hydrogen-bond donors (Lipinski definition) is 0. The molecule has 4 rings (SSSR count). The number of rotatable bonds is 9. The number of carbonyl (C=O) groups excluding carboxylic acids is 1. The first-order chi connectivity index (χ1) is 19.1. The van der Waals surface area contributed by atoms with Crippen LogP contribution in [0.25, 0.3) is 6.08 Å². The van der Waals surface area contributed by atoms with Crippen molar-refractivity contribution in [2.75, 3.05) is 11.6 Å². The fourth-order valence-electron chi connectivity index (χ4n) is 4.05. The van der Waals surface area contributed by atoms with Crippen molar-refractivity contribution in [1.29, 1.82) is 0 Å². The smallest absolute Gasteiger partial charge is 0.280 e. The van der Waals surface area contributed by atoms with Gasteiger partial charge in [-0.15, -0.1) is 6.58 Å². The topological polar surface area (TPSA) is 51.1 Å². The van der Waals surface area contributed by atoms with Crippen LogP contribution in [0.5, 0.6) is 11.5 Å². The molecule has 0 saturated heterocycles. The molecule has 0 atom stereocenters. The van der Waals surface area contributed by atoms with E-state index in [2.05, 4.69) is 11.7 Å². The molecule has 0 aliphatic carbocycles. The molecule has 1 amide bonds. The molecule has 0 bridgehead atoms. The van der Waals surface area contributed by atoms with Crippen molar-refractivity contribution in [3.8, 4) is 11.5 Å². The third-order valence-electron chi connectivity index (χ3n) is 5.92. The summed E-state index contributed by atoms with van der Waals surface area (Å²) in [5.41, 5.74) is 0.241. The van der Waals surface area contributed by atoms with E-state index in [0.717, 1.165) is 5.56 Å². The third kappa shape index (κ3) is 5.44. The maximum atomic E-state index is 14.4. The summed E-state index contributed by atoms with van der Waals surface area (Å²) in [6.07, 6.45) is 3.37. The summed E-state index contributed by atoms with van der Waals surface area (Å²) < 4.78 is 81.8. The maximum absolute atomic E-state index is 14.4. The lowest BCUT2D eigenvalue weighted by atomic mass is 10.0. The van der Waals surface area contributed by atoms with Crippen LogP contribution in [0, 0.1) is 29.1 Å². The quantitative estimate of drug-likeness (QED) is 0.0869. The predicted molar refractivity (Wildman–Crippen MR) is 142 cm³/mol. The molecule has 5 nitrogen and oxygen atoms in total. The van der Waals surface area contributed by atoms with Crippen molar-refractivity contribution in [2.24, 2.45) is 5.10 Å². The zero-order chi connectivity index (χ0) is 29.1. The van der Waals surface area contributed by atoms with Gasteiger partial charge in [-0.3, -0.25) is 4.79 Å². The summed E-state index contributed by atoms with van der Waals surface area (Å²) >= 11 is 6.25. The van der Waals surface area contributed by atoms with Gasteiger partial charge in [0.2, 0.25) is 5.82 Å². The molecular formula is C29H22ClF5N2O3. The molecule has 0 N–H and O–H groups in total. The fraction of sp³-hybridized carbons (Fsp3) is 0.172. The van der Waals surface area contributed by atoms with Gasteiger partial charge in [0, 0.05) is 16.1 Å². The van der Waals surface area contributed by atoms with Gasteiger partial charge in [-0.05, 0) is 50.1 Å². The van der Waals surface area contributed by atoms with E-state index >= 15 is 0 Å². The Morgan fingerprint density at radius 3 is 2.25 bits per heavy atom. The van der Waals surface area contributed by atoms with Gasteiger partial charge in [0.15, 0.2) is 34.8 Å². The van der Waals surface area contributed by atoms with Crippen molar-refractivity contribution in [2.45, 2.75) is 26.9 Å². The predicted octanol–water partition coefficient (Wildman–Crippen LogP) is 7.55. The molecule has 40 heavy (non-hydrogen) atoms. The molecule has 3 aromatic carbocycles. The summed E-state index contributed by atoms with van der Waals surface area (Å²) in [6.45, 7) is 7.34. The Labute approximate surface area is 231 Å². The molecule has 208 valence electrons. The Balaban J connectivity index is 1.74. The summed E-state index contributed by atoms with van der Waals surface area (Å²) in [5, 5.41) is 4.46. The van der Waals surface area contributed by atoms with Crippen LogP contribution in [0.4, 0.5) is 27.6 Å². The van der Waals surface area contributed by atoms with Gasteiger partial charge >= 0.3 is 0 Å². The van der Waals surface area contributed by atoms with Crippen LogP contribution in [0.3, 0.4) is 0 Å². The van der Waals surface area contributed by atoms with E-state index < -0.39 is 40.7 Å². The molecule has 1 heterocycles. The minimum absolute atomic E-state index is 0.00350. The van der Waals surface area contributed by atoms with Gasteiger partial charge in [-0.25, -0.2) is 22.0 Å². The lowest BCUT2D eigenvalue weighted by Gasteiger charge is -2.17. The zero-order valence-corrected chi connectivity index (χ0v) is 22.1. The van der Waals surface area contributed by atoms with Crippen LogP contribution in [-0.2, 0) is 17.8 Å². The summed E-state index contributed by atoms with van der Waals surface area (Å²) in [7, 11) is 0. The molecule has 0 radical (unpaired) electrons. The Morgan fingerprint density at radius 2 is 1.62 bits per heavy atom. The highest BCUT2D eigenvalue weighted by atomic mass is 35.5. The minimum atomic E-state index is -2.34. The lowest BCUT2D eigenvalue weighted by molar-refractivity contribution is -0.114. The number of hydrogen-bond acceptors (Lipinski definition) is 4. The standard InChI is InChI=1S/C29H22ClF5N2O3/c1-4-8-17-11-16(13-21(39-5-2)28(17)40-14-18-9-6-7-10-20(18)30)12-19-15(3)36-37(29(19)38)27-25(34)23(32)22(31)24(33)26(27)35/h4,6-7,9-13H,1,5,8,14H2,2-3H3/b19-12+. The minimum Gasteiger partial charge on any atom is -0.490 e. The molecule has 0 fully saturated rings. The molecule has 3 aromatic rings. The van der Waals surface area contributed by atoms with Crippen LogP contribution in [-0.4, -0.2) is 18.2 Å². The van der Waals surface area contributed by atoms with Crippen molar-refractivity contribution < 1.29 is 36.2 Å². The molecule has 1 aliphatic rings. The number of amides is 1. The second-order valence-corrected chi connectivity index (χ2v) is 9.00. The Bertz CT molecular complexity index is 1540. The van der Waals surface area contributed by atoms with Crippen molar-refractivity contribution in [3.63, 3.8) is 0 Å². The van der Waals surface area contributed by atoms with E-state index in [1.165, 1.54) is 13.0 Å². The number of anilines is 1. The monoisotopic (exact) mass is 576 g/mol. The average molecular weight is 577 g/mol. The van der Waals surface area contributed by atoms with Gasteiger partial charge < -0.3 is 9.47 Å². The average Bonchev–Trinajstić information content (AvgIpc) is 3.19. The number of ether oxygens (including phenoxy) is 2. The molecule has 0 unspecified atom stereocenters. The van der Waals surface area contributed by atoms with Gasteiger partial charge in [-0.2, -0.15) is 10.1 Å². The van der Waals surface area contributed by atoms with Gasteiger partial charge in [0.05, 0.1) is 17.9 Å².